The van der Waals surface area contributed by atoms with Crippen LogP contribution in [0.25, 0.3) is 0 Å². The van der Waals surface area contributed by atoms with E-state index < -0.39 is 5.41 Å². The van der Waals surface area contributed by atoms with Crippen molar-refractivity contribution in [3.63, 3.8) is 0 Å². The van der Waals surface area contributed by atoms with Gasteiger partial charge >= 0.3 is 0 Å². The molecule has 0 N–H and O–H groups in total. The van der Waals surface area contributed by atoms with E-state index in [0.29, 0.717) is 6.61 Å². The number of nitrogens with zero attached hydrogens (tertiary/aromatic N) is 2. The molecule has 0 saturated heterocycles. The Morgan fingerprint density at radius 2 is 1.35 bits per heavy atom. The van der Waals surface area contributed by atoms with Crippen molar-refractivity contribution in [1.82, 2.24) is 4.98 Å². The molecule has 3 aromatic carbocycles. The van der Waals surface area contributed by atoms with E-state index >= 15 is 0 Å². The second-order valence-electron chi connectivity index (χ2n) is 9.32. The van der Waals surface area contributed by atoms with Crippen LogP contribution in [0.1, 0.15) is 36.1 Å². The van der Waals surface area contributed by atoms with Crippen molar-refractivity contribution < 1.29 is 26.0 Å². The summed E-state index contributed by atoms with van der Waals surface area (Å²) in [5.74, 6) is 2.54. The first kappa shape index (κ1) is 25.5. The number of oxazole rings is 1. The molecule has 0 fully saturated rings. The van der Waals surface area contributed by atoms with Crippen molar-refractivity contribution in [3.05, 3.63) is 120 Å². The number of quaternary nitrogens is 1. The summed E-state index contributed by atoms with van der Waals surface area (Å²) in [5, 5.41) is 0. The lowest BCUT2D eigenvalue weighted by Crippen LogP contribution is -3.00. The Bertz CT molecular complexity index is 1090. The normalized spacial score (nSPS) is 11.6. The van der Waals surface area contributed by atoms with Crippen molar-refractivity contribution in [3.8, 4) is 5.75 Å². The maximum atomic E-state index is 6.41. The maximum absolute atomic E-state index is 6.41. The van der Waals surface area contributed by atoms with Crippen LogP contribution in [-0.4, -0.2) is 36.7 Å². The van der Waals surface area contributed by atoms with Crippen LogP contribution in [0.4, 0.5) is 0 Å². The molecule has 0 aliphatic heterocycles. The minimum absolute atomic E-state index is 0. The van der Waals surface area contributed by atoms with E-state index in [-0.39, 0.29) is 12.4 Å². The summed E-state index contributed by atoms with van der Waals surface area (Å²) >= 11 is 0. The van der Waals surface area contributed by atoms with Gasteiger partial charge in [0.15, 0.2) is 5.76 Å². The van der Waals surface area contributed by atoms with Gasteiger partial charge in [-0.05, 0) is 30.2 Å². The third kappa shape index (κ3) is 6.07. The lowest BCUT2D eigenvalue weighted by atomic mass is 9.76. The highest BCUT2D eigenvalue weighted by Crippen LogP contribution is 2.38. The molecule has 1 aromatic heterocycles. The van der Waals surface area contributed by atoms with Gasteiger partial charge in [-0.15, -0.1) is 0 Å². The second-order valence-corrected chi connectivity index (χ2v) is 9.32. The SMILES string of the molecule is CC(c1ccccc1)(c1ccccc1)c1ncc(C[N+](C)(C)CCCOc2ccccc2)o1.[Cl-]. The minimum atomic E-state index is -0.457. The number of halogens is 1. The number of hydrogen-bond donors (Lipinski definition) is 0. The molecular weight excluding hydrogens is 444 g/mol. The van der Waals surface area contributed by atoms with Crippen LogP contribution in [-0.2, 0) is 12.0 Å². The average Bonchev–Trinajstić information content (AvgIpc) is 3.31. The third-order valence-electron chi connectivity index (χ3n) is 6.19. The highest BCUT2D eigenvalue weighted by molar-refractivity contribution is 5.44. The number of hydrogen-bond acceptors (Lipinski definition) is 3. The highest BCUT2D eigenvalue weighted by atomic mass is 35.5. The lowest BCUT2D eigenvalue weighted by Gasteiger charge is -2.29. The molecule has 0 unspecified atom stereocenters. The number of rotatable bonds is 10. The van der Waals surface area contributed by atoms with E-state index in [9.17, 15) is 0 Å². The van der Waals surface area contributed by atoms with Gasteiger partial charge in [0.2, 0.25) is 5.89 Å². The first-order valence-corrected chi connectivity index (χ1v) is 11.5. The summed E-state index contributed by atoms with van der Waals surface area (Å²) in [4.78, 5) is 4.76. The molecule has 4 nitrogen and oxygen atoms in total. The summed E-state index contributed by atoms with van der Waals surface area (Å²) in [7, 11) is 4.44. The van der Waals surface area contributed by atoms with Crippen LogP contribution in [0, 0.1) is 0 Å². The molecule has 0 aliphatic carbocycles. The molecule has 5 heteroatoms. The Hall–Kier alpha value is -3.08. The Labute approximate surface area is 209 Å². The summed E-state index contributed by atoms with van der Waals surface area (Å²) < 4.78 is 13.1. The van der Waals surface area contributed by atoms with Gasteiger partial charge in [0.05, 0.1) is 38.9 Å². The number of aromatic nitrogens is 1. The van der Waals surface area contributed by atoms with Crippen molar-refractivity contribution >= 4 is 0 Å². The van der Waals surface area contributed by atoms with Gasteiger partial charge in [0, 0.05) is 6.42 Å². The van der Waals surface area contributed by atoms with Gasteiger partial charge in [-0.25, -0.2) is 4.98 Å². The topological polar surface area (TPSA) is 35.3 Å². The fraction of sp³-hybridized carbons (Fsp3) is 0.276. The Balaban J connectivity index is 0.00000324. The van der Waals surface area contributed by atoms with Crippen molar-refractivity contribution in [2.24, 2.45) is 0 Å². The van der Waals surface area contributed by atoms with Crippen molar-refractivity contribution in [1.29, 1.82) is 0 Å². The molecule has 4 rings (SSSR count). The Kier molecular flexibility index (Phi) is 8.54. The van der Waals surface area contributed by atoms with Gasteiger partial charge in [-0.2, -0.15) is 0 Å². The van der Waals surface area contributed by atoms with Crippen LogP contribution >= 0.6 is 0 Å². The number of benzene rings is 3. The smallest absolute Gasteiger partial charge is 0.209 e. The van der Waals surface area contributed by atoms with Crippen LogP contribution < -0.4 is 17.1 Å². The summed E-state index contributed by atoms with van der Waals surface area (Å²) in [5.41, 5.74) is 1.87. The first-order valence-electron chi connectivity index (χ1n) is 11.5. The standard InChI is InChI=1S/C29H33N2O2.ClH/c1-29(24-14-7-4-8-15-24,25-16-9-5-10-17-25)28-30-22-27(33-28)23-31(2,3)20-13-21-32-26-18-11-6-12-19-26;/h4-12,14-19,22H,13,20-21,23H2,1-3H3;1H/q+1;/p-1. The molecule has 34 heavy (non-hydrogen) atoms. The average molecular weight is 477 g/mol. The van der Waals surface area contributed by atoms with Crippen molar-refractivity contribution in [2.75, 3.05) is 27.2 Å². The number of ether oxygens (including phenoxy) is 1. The zero-order chi connectivity index (χ0) is 23.2. The van der Waals surface area contributed by atoms with E-state index in [1.54, 1.807) is 0 Å². The predicted molar refractivity (Wildman–Crippen MR) is 132 cm³/mol. The summed E-state index contributed by atoms with van der Waals surface area (Å²) in [6.45, 7) is 4.65. The summed E-state index contributed by atoms with van der Waals surface area (Å²) in [6.07, 6.45) is 2.86. The van der Waals surface area contributed by atoms with Crippen LogP contribution in [0.15, 0.2) is 102 Å². The quantitative estimate of drug-likeness (QED) is 0.260. The third-order valence-corrected chi connectivity index (χ3v) is 6.19. The minimum Gasteiger partial charge on any atom is -1.00 e. The molecule has 0 bridgehead atoms. The fourth-order valence-electron chi connectivity index (χ4n) is 4.27. The van der Waals surface area contributed by atoms with E-state index in [0.717, 1.165) is 52.5 Å². The van der Waals surface area contributed by atoms with E-state index in [1.165, 1.54) is 0 Å². The zero-order valence-electron chi connectivity index (χ0n) is 20.2. The molecular formula is C29H33ClN2O2. The predicted octanol–water partition coefficient (Wildman–Crippen LogP) is 3.08. The fourth-order valence-corrected chi connectivity index (χ4v) is 4.27. The highest BCUT2D eigenvalue weighted by Gasteiger charge is 2.36. The van der Waals surface area contributed by atoms with E-state index in [4.69, 9.17) is 14.1 Å². The molecule has 1 heterocycles. The molecule has 0 radical (unpaired) electrons. The second kappa shape index (κ2) is 11.4. The molecule has 4 aromatic rings. The van der Waals surface area contributed by atoms with Gasteiger partial charge in [-0.3, -0.25) is 0 Å². The van der Waals surface area contributed by atoms with E-state index in [2.05, 4.69) is 69.6 Å². The first-order chi connectivity index (χ1) is 16.0. The van der Waals surface area contributed by atoms with Gasteiger partial charge in [0.1, 0.15) is 12.3 Å². The summed E-state index contributed by atoms with van der Waals surface area (Å²) in [6, 6.07) is 30.9. The molecule has 0 saturated carbocycles. The largest absolute Gasteiger partial charge is 1.00 e. The molecule has 0 amide bonds. The van der Waals surface area contributed by atoms with Gasteiger partial charge in [0.25, 0.3) is 0 Å². The maximum Gasteiger partial charge on any atom is 0.209 e. The molecule has 0 aliphatic rings. The van der Waals surface area contributed by atoms with E-state index in [1.807, 2.05) is 48.7 Å². The lowest BCUT2D eigenvalue weighted by molar-refractivity contribution is -0.904. The monoisotopic (exact) mass is 476 g/mol. The molecule has 0 atom stereocenters. The van der Waals surface area contributed by atoms with Crippen LogP contribution in [0.2, 0.25) is 0 Å². The van der Waals surface area contributed by atoms with Crippen molar-refractivity contribution in [2.45, 2.75) is 25.3 Å². The molecule has 178 valence electrons. The van der Waals surface area contributed by atoms with Gasteiger partial charge < -0.3 is 26.0 Å². The van der Waals surface area contributed by atoms with Crippen LogP contribution in [0.5, 0.6) is 5.75 Å². The molecule has 0 spiro atoms. The van der Waals surface area contributed by atoms with Crippen LogP contribution in [0.3, 0.4) is 0 Å². The van der Waals surface area contributed by atoms with Gasteiger partial charge in [-0.1, -0.05) is 78.9 Å². The Morgan fingerprint density at radius 3 is 1.91 bits per heavy atom. The Morgan fingerprint density at radius 1 is 0.824 bits per heavy atom. The zero-order valence-corrected chi connectivity index (χ0v) is 20.9. The number of para-hydroxylation sites is 1.